The van der Waals surface area contributed by atoms with E-state index < -0.39 is 93.0 Å². The Kier molecular flexibility index (Phi) is 8.09. The van der Waals surface area contributed by atoms with E-state index in [1.807, 2.05) is 0 Å². The van der Waals surface area contributed by atoms with Crippen molar-refractivity contribution in [1.82, 2.24) is 4.13 Å². The number of nitrogens with one attached hydrogen (secondary N) is 1. The number of methoxy groups -OCH3 is 1. The van der Waals surface area contributed by atoms with Crippen molar-refractivity contribution in [1.29, 1.82) is 0 Å². The van der Waals surface area contributed by atoms with Crippen LogP contribution < -0.4 is 4.13 Å². The van der Waals surface area contributed by atoms with Crippen molar-refractivity contribution in [2.24, 2.45) is 11.8 Å². The fourth-order valence-corrected chi connectivity index (χ4v) is 6.43. The zero-order chi connectivity index (χ0) is 26.3. The van der Waals surface area contributed by atoms with Gasteiger partial charge in [-0.25, -0.2) is 17.4 Å². The molecule has 0 aromatic rings. The molecule has 0 saturated carbocycles. The number of ether oxygens (including phenoxy) is 5. The van der Waals surface area contributed by atoms with Crippen molar-refractivity contribution in [2.45, 2.75) is 29.7 Å². The number of alkyl halides is 2. The molecule has 3 saturated heterocycles. The van der Waals surface area contributed by atoms with Crippen LogP contribution in [-0.2, 0) is 62.6 Å². The molecule has 6 unspecified atom stereocenters. The normalized spacial score (nSPS) is 29.7. The van der Waals surface area contributed by atoms with Gasteiger partial charge < -0.3 is 23.7 Å². The smallest absolute Gasteiger partial charge is 0.382 e. The van der Waals surface area contributed by atoms with Gasteiger partial charge >= 0.3 is 33.5 Å². The molecule has 0 radical (unpaired) electrons. The third kappa shape index (κ3) is 5.59. The number of esters is 3. The minimum atomic E-state index is -5.83. The maximum absolute atomic E-state index is 13.7. The van der Waals surface area contributed by atoms with Gasteiger partial charge in [-0.3, -0.25) is 9.59 Å². The zero-order valence-corrected chi connectivity index (χ0v) is 21.3. The number of sulfonamides is 1. The molecule has 14 nitrogen and oxygen atoms in total. The minimum Gasteiger partial charge on any atom is -0.462 e. The number of rotatable bonds is 12. The largest absolute Gasteiger partial charge is 0.462 e. The number of hydrogen-bond acceptors (Lipinski definition) is 13. The summed E-state index contributed by atoms with van der Waals surface area (Å²) in [5, 5.41) is -4.63. The highest BCUT2D eigenvalue weighted by atomic mass is 127. The predicted octanol–water partition coefficient (Wildman–Crippen LogP) is -1.25. The Hall–Kier alpha value is -1.52. The number of carbonyl (C=O) groups excluding carboxylic acids is 3. The molecule has 35 heavy (non-hydrogen) atoms. The van der Waals surface area contributed by atoms with E-state index in [9.17, 15) is 40.0 Å². The molecule has 3 fully saturated rings. The van der Waals surface area contributed by atoms with E-state index in [-0.39, 0.29) is 10.2 Å². The lowest BCUT2D eigenvalue weighted by molar-refractivity contribution is -0.158. The third-order valence-electron chi connectivity index (χ3n) is 5.11. The Labute approximate surface area is 211 Å². The molecule has 3 aliphatic heterocycles. The predicted molar refractivity (Wildman–Crippen MR) is 113 cm³/mol. The SMILES string of the molecule is C=C(I)C(=O)OCCOC(=O)C1C2OC3C(OC(=O)C31)C2OS(=O)(=O)NS(=O)(=O)C(F)(F)COC. The molecule has 0 aliphatic carbocycles. The molecule has 3 aliphatic rings. The molecule has 3 rings (SSSR count). The first-order chi connectivity index (χ1) is 16.1. The highest BCUT2D eigenvalue weighted by Crippen LogP contribution is 2.51. The van der Waals surface area contributed by atoms with Crippen molar-refractivity contribution in [3.05, 3.63) is 10.2 Å². The average molecular weight is 661 g/mol. The summed E-state index contributed by atoms with van der Waals surface area (Å²) in [5.41, 5.74) is 0. The van der Waals surface area contributed by atoms with Gasteiger partial charge in [0.05, 0.1) is 3.58 Å². The van der Waals surface area contributed by atoms with E-state index in [1.54, 1.807) is 22.6 Å². The standard InChI is InChI=1S/C16H18F2INO13S2/c1-6(19)13(21)29-3-4-30-14(22)7-8-9-11(32-15(8)23)12(10(7)31-9)33-35(26,27)20-34(24,25)16(17,18)5-28-2/h7-12,20H,1,3-5H2,2H3. The monoisotopic (exact) mass is 661 g/mol. The number of fused-ring (bicyclic) bond motifs is 1. The molecule has 19 heteroatoms. The summed E-state index contributed by atoms with van der Waals surface area (Å²) in [4.78, 5) is 36.2. The summed E-state index contributed by atoms with van der Waals surface area (Å²) in [5.74, 6) is -5.30. The van der Waals surface area contributed by atoms with E-state index in [1.165, 1.54) is 0 Å². The Balaban J connectivity index is 1.70. The second-order valence-electron chi connectivity index (χ2n) is 7.40. The van der Waals surface area contributed by atoms with Gasteiger partial charge in [0.15, 0.2) is 6.10 Å². The molecular formula is C16H18F2INO13S2. The molecule has 0 amide bonds. The van der Waals surface area contributed by atoms with E-state index in [0.29, 0.717) is 0 Å². The number of halogens is 3. The lowest BCUT2D eigenvalue weighted by atomic mass is 9.78. The molecule has 3 heterocycles. The molecule has 6 atom stereocenters. The molecule has 2 bridgehead atoms. The Morgan fingerprint density at radius 1 is 1.14 bits per heavy atom. The maximum Gasteiger partial charge on any atom is 0.382 e. The summed E-state index contributed by atoms with van der Waals surface area (Å²) in [6.07, 6.45) is -5.68. The van der Waals surface area contributed by atoms with Crippen LogP contribution >= 0.6 is 22.6 Å². The van der Waals surface area contributed by atoms with Gasteiger partial charge in [0, 0.05) is 7.11 Å². The van der Waals surface area contributed by atoms with Crippen LogP contribution in [0.4, 0.5) is 8.78 Å². The molecule has 0 aromatic carbocycles. The average Bonchev–Trinajstić information content (AvgIpc) is 3.33. The molecule has 0 aromatic heterocycles. The highest BCUT2D eigenvalue weighted by Gasteiger charge is 2.72. The minimum absolute atomic E-state index is 0.0759. The van der Waals surface area contributed by atoms with Gasteiger partial charge in [-0.05, 0) is 22.6 Å². The van der Waals surface area contributed by atoms with E-state index >= 15 is 0 Å². The summed E-state index contributed by atoms with van der Waals surface area (Å²) >= 11 is 1.62. The van der Waals surface area contributed by atoms with Crippen molar-refractivity contribution >= 4 is 60.8 Å². The van der Waals surface area contributed by atoms with E-state index in [4.69, 9.17) is 23.1 Å². The van der Waals surface area contributed by atoms with E-state index in [2.05, 4.69) is 11.3 Å². The first-order valence-electron chi connectivity index (χ1n) is 9.49. The second kappa shape index (κ2) is 10.1. The van der Waals surface area contributed by atoms with Crippen molar-refractivity contribution in [2.75, 3.05) is 26.9 Å². The summed E-state index contributed by atoms with van der Waals surface area (Å²) in [6, 6.07) is 0. The topological polar surface area (TPSA) is 187 Å². The highest BCUT2D eigenvalue weighted by molar-refractivity contribution is 14.1. The van der Waals surface area contributed by atoms with Crippen LogP contribution in [0.15, 0.2) is 10.2 Å². The van der Waals surface area contributed by atoms with Gasteiger partial charge in [0.25, 0.3) is 10.0 Å². The van der Waals surface area contributed by atoms with Crippen LogP contribution in [0.3, 0.4) is 0 Å². The lowest BCUT2D eigenvalue weighted by Crippen LogP contribution is -2.51. The van der Waals surface area contributed by atoms with Gasteiger partial charge in [0.2, 0.25) is 0 Å². The summed E-state index contributed by atoms with van der Waals surface area (Å²) < 4.78 is 105. The summed E-state index contributed by atoms with van der Waals surface area (Å²) in [6.45, 7) is 0.936. The fourth-order valence-electron chi connectivity index (χ4n) is 3.77. The van der Waals surface area contributed by atoms with Gasteiger partial charge in [-0.2, -0.15) is 17.2 Å². The summed E-state index contributed by atoms with van der Waals surface area (Å²) in [7, 11) is -10.5. The van der Waals surface area contributed by atoms with Crippen LogP contribution in [0, 0.1) is 11.8 Å². The second-order valence-corrected chi connectivity index (χ2v) is 12.1. The molecule has 198 valence electrons. The Bertz CT molecular complexity index is 1130. The van der Waals surface area contributed by atoms with Crippen LogP contribution in [0.1, 0.15) is 0 Å². The zero-order valence-electron chi connectivity index (χ0n) is 17.6. The Morgan fingerprint density at radius 2 is 1.77 bits per heavy atom. The Morgan fingerprint density at radius 3 is 2.37 bits per heavy atom. The number of hydrogen-bond donors (Lipinski definition) is 1. The quantitative estimate of drug-likeness (QED) is 0.0861. The van der Waals surface area contributed by atoms with Crippen molar-refractivity contribution in [3.63, 3.8) is 0 Å². The van der Waals surface area contributed by atoms with E-state index in [0.717, 1.165) is 11.2 Å². The van der Waals surface area contributed by atoms with Crippen LogP contribution in [0.5, 0.6) is 0 Å². The van der Waals surface area contributed by atoms with Crippen molar-refractivity contribution < 1.29 is 67.9 Å². The first kappa shape index (κ1) is 28.1. The van der Waals surface area contributed by atoms with Crippen LogP contribution in [0.2, 0.25) is 0 Å². The van der Waals surface area contributed by atoms with Crippen molar-refractivity contribution in [3.8, 4) is 0 Å². The lowest BCUT2D eigenvalue weighted by Gasteiger charge is -2.27. The number of carbonyl (C=O) groups is 3. The maximum atomic E-state index is 13.7. The van der Waals surface area contributed by atoms with Gasteiger partial charge in [0.1, 0.15) is 50.0 Å². The van der Waals surface area contributed by atoms with Crippen LogP contribution in [0.25, 0.3) is 0 Å². The molecular weight excluding hydrogens is 643 g/mol. The fraction of sp³-hybridized carbons (Fsp3) is 0.688. The van der Waals surface area contributed by atoms with Crippen LogP contribution in [-0.4, -0.2) is 91.3 Å². The third-order valence-corrected chi connectivity index (χ3v) is 8.63. The van der Waals surface area contributed by atoms with Gasteiger partial charge in [-0.1, -0.05) is 10.7 Å². The molecule has 0 spiro atoms. The molecule has 1 N–H and O–H groups in total. The first-order valence-corrected chi connectivity index (χ1v) is 13.5. The van der Waals surface area contributed by atoms with Gasteiger partial charge in [-0.15, -0.1) is 0 Å².